The SMILES string of the molecule is CCOC=Nc1noc(-c2ccccc2)n1.Nc1ncc(F)cc1F.O=C(Cc1ncn(-c2ncc(F)cc2F)n1)c1ccccc1. The predicted molar refractivity (Wildman–Crippen MR) is 162 cm³/mol. The summed E-state index contributed by atoms with van der Waals surface area (Å²) in [7, 11) is 0. The summed E-state index contributed by atoms with van der Waals surface area (Å²) in [4.78, 5) is 30.8. The largest absolute Gasteiger partial charge is 0.483 e. The minimum atomic E-state index is -0.856. The van der Waals surface area contributed by atoms with E-state index < -0.39 is 23.3 Å². The number of ether oxygens (including phenoxy) is 1. The Morgan fingerprint density at radius 3 is 2.23 bits per heavy atom. The van der Waals surface area contributed by atoms with Crippen LogP contribution in [0.4, 0.5) is 29.3 Å². The summed E-state index contributed by atoms with van der Waals surface area (Å²) < 4.78 is 61.7. The monoisotopic (exact) mass is 647 g/mol. The Hall–Kier alpha value is -6.32. The number of rotatable bonds is 8. The standard InChI is InChI=1S/C15H10F2N4O.C11H11N3O2.C5H4F2N2/c16-11-6-12(17)15(18-8-11)21-9-19-14(20-21)7-13(22)10-4-2-1-3-5-10;1-2-15-8-12-11-13-10(16-14-11)9-6-4-3-5-7-9;6-3-1-4(7)5(8)9-2-3/h1-6,8-9H,7H2;3-8H,2H2,1H3;1-2H,(H2,8,9). The van der Waals surface area contributed by atoms with E-state index in [2.05, 4.69) is 35.2 Å². The van der Waals surface area contributed by atoms with E-state index in [1.54, 1.807) is 24.3 Å². The third kappa shape index (κ3) is 10.1. The van der Waals surface area contributed by atoms with E-state index in [0.29, 0.717) is 30.2 Å². The van der Waals surface area contributed by atoms with Crippen LogP contribution in [0, 0.1) is 23.3 Å². The third-order valence-corrected chi connectivity index (χ3v) is 5.64. The first-order chi connectivity index (χ1) is 22.7. The molecule has 0 fully saturated rings. The maximum Gasteiger partial charge on any atom is 0.292 e. The zero-order chi connectivity index (χ0) is 33.6. The van der Waals surface area contributed by atoms with Crippen molar-refractivity contribution in [2.45, 2.75) is 13.3 Å². The number of halogens is 4. The van der Waals surface area contributed by atoms with Gasteiger partial charge in [-0.15, -0.1) is 5.10 Å². The van der Waals surface area contributed by atoms with Crippen LogP contribution in [0.3, 0.4) is 0 Å². The molecule has 240 valence electrons. The van der Waals surface area contributed by atoms with Crippen molar-refractivity contribution in [3.8, 4) is 17.3 Å². The van der Waals surface area contributed by atoms with Gasteiger partial charge in [0, 0.05) is 23.3 Å². The fourth-order valence-electron chi connectivity index (χ4n) is 3.48. The maximum atomic E-state index is 13.6. The van der Waals surface area contributed by atoms with Gasteiger partial charge in [-0.25, -0.2) is 32.5 Å². The number of nitrogens with two attached hydrogens (primary N) is 1. The van der Waals surface area contributed by atoms with Crippen molar-refractivity contribution in [2.75, 3.05) is 12.3 Å². The Kier molecular flexibility index (Phi) is 11.9. The molecule has 16 heteroatoms. The smallest absolute Gasteiger partial charge is 0.292 e. The van der Waals surface area contributed by atoms with Crippen molar-refractivity contribution < 1.29 is 31.6 Å². The van der Waals surface area contributed by atoms with E-state index in [0.717, 1.165) is 22.6 Å². The molecule has 0 aliphatic heterocycles. The van der Waals surface area contributed by atoms with Crippen LogP contribution in [0.15, 0.2) is 101 Å². The highest BCUT2D eigenvalue weighted by Crippen LogP contribution is 2.18. The van der Waals surface area contributed by atoms with Gasteiger partial charge in [-0.3, -0.25) is 4.79 Å². The van der Waals surface area contributed by atoms with Crippen molar-refractivity contribution in [3.63, 3.8) is 0 Å². The first-order valence-electron chi connectivity index (χ1n) is 13.6. The number of carbonyl (C=O) groups is 1. The van der Waals surface area contributed by atoms with Gasteiger partial charge >= 0.3 is 0 Å². The lowest BCUT2D eigenvalue weighted by Crippen LogP contribution is -2.07. The molecule has 0 radical (unpaired) electrons. The Bertz CT molecular complexity index is 1920. The predicted octanol–water partition coefficient (Wildman–Crippen LogP) is 5.74. The Balaban J connectivity index is 0.000000175. The molecule has 12 nitrogen and oxygen atoms in total. The van der Waals surface area contributed by atoms with Gasteiger partial charge in [0.05, 0.1) is 25.4 Å². The van der Waals surface area contributed by atoms with Crippen LogP contribution in [0.5, 0.6) is 0 Å². The van der Waals surface area contributed by atoms with E-state index in [1.165, 1.54) is 12.7 Å². The second-order valence-electron chi connectivity index (χ2n) is 9.01. The van der Waals surface area contributed by atoms with Gasteiger partial charge in [0.15, 0.2) is 41.3 Å². The number of anilines is 1. The van der Waals surface area contributed by atoms with Crippen molar-refractivity contribution in [3.05, 3.63) is 126 Å². The average Bonchev–Trinajstić information content (AvgIpc) is 3.75. The lowest BCUT2D eigenvalue weighted by molar-refractivity contribution is 0.0990. The minimum absolute atomic E-state index is 0.0141. The summed E-state index contributed by atoms with van der Waals surface area (Å²) in [6.45, 7) is 2.44. The number of pyridine rings is 2. The zero-order valence-electron chi connectivity index (χ0n) is 24.5. The van der Waals surface area contributed by atoms with Crippen LogP contribution in [-0.2, 0) is 11.2 Å². The molecule has 0 spiro atoms. The number of benzene rings is 2. The first-order valence-corrected chi connectivity index (χ1v) is 13.6. The van der Waals surface area contributed by atoms with E-state index in [-0.39, 0.29) is 35.6 Å². The summed E-state index contributed by atoms with van der Waals surface area (Å²) in [5.41, 5.74) is 6.35. The van der Waals surface area contributed by atoms with E-state index in [1.807, 2.05) is 43.3 Å². The third-order valence-electron chi connectivity index (χ3n) is 5.64. The summed E-state index contributed by atoms with van der Waals surface area (Å²) >= 11 is 0. The van der Waals surface area contributed by atoms with Crippen LogP contribution in [0.1, 0.15) is 23.1 Å². The summed E-state index contributed by atoms with van der Waals surface area (Å²) in [6, 6.07) is 19.6. The van der Waals surface area contributed by atoms with Crippen molar-refractivity contribution >= 4 is 24.0 Å². The van der Waals surface area contributed by atoms with Gasteiger partial charge in [-0.1, -0.05) is 48.5 Å². The van der Waals surface area contributed by atoms with Crippen molar-refractivity contribution in [2.24, 2.45) is 4.99 Å². The second kappa shape index (κ2) is 16.7. The first kappa shape index (κ1) is 33.6. The average molecular weight is 648 g/mol. The van der Waals surface area contributed by atoms with Gasteiger partial charge in [0.2, 0.25) is 0 Å². The number of aromatic nitrogens is 7. The van der Waals surface area contributed by atoms with E-state index in [4.69, 9.17) is 15.0 Å². The Labute approximate surface area is 264 Å². The van der Waals surface area contributed by atoms with E-state index >= 15 is 0 Å². The molecule has 47 heavy (non-hydrogen) atoms. The molecule has 6 aromatic rings. The molecular formula is C31H25F4N9O3. The number of ketones is 1. The lowest BCUT2D eigenvalue weighted by Gasteiger charge is -2.00. The molecule has 0 atom stereocenters. The molecule has 0 unspecified atom stereocenters. The molecule has 4 aromatic heterocycles. The number of aliphatic imine (C=N–C) groups is 1. The molecule has 6 rings (SSSR count). The highest BCUT2D eigenvalue weighted by Gasteiger charge is 2.14. The molecule has 0 aliphatic rings. The number of nitrogens with zero attached hydrogens (tertiary/aromatic N) is 8. The second-order valence-corrected chi connectivity index (χ2v) is 9.01. The zero-order valence-corrected chi connectivity index (χ0v) is 24.5. The highest BCUT2D eigenvalue weighted by atomic mass is 19.1. The molecule has 0 amide bonds. The number of hydrogen-bond acceptors (Lipinski definition) is 11. The summed E-state index contributed by atoms with van der Waals surface area (Å²) in [5, 5.41) is 7.70. The topological polar surface area (TPSA) is 160 Å². The van der Waals surface area contributed by atoms with Crippen LogP contribution < -0.4 is 5.73 Å². The lowest BCUT2D eigenvalue weighted by atomic mass is 10.1. The molecule has 0 saturated heterocycles. The fraction of sp³-hybridized carbons (Fsp3) is 0.0968. The fourth-order valence-corrected chi connectivity index (χ4v) is 3.48. The summed E-state index contributed by atoms with van der Waals surface area (Å²) in [5.74, 6) is -2.84. The Morgan fingerprint density at radius 1 is 0.936 bits per heavy atom. The molecule has 0 aliphatic carbocycles. The van der Waals surface area contributed by atoms with Gasteiger partial charge in [-0.05, 0) is 24.2 Å². The minimum Gasteiger partial charge on any atom is -0.483 e. The van der Waals surface area contributed by atoms with Crippen molar-refractivity contribution in [1.29, 1.82) is 0 Å². The Morgan fingerprint density at radius 2 is 1.60 bits per heavy atom. The van der Waals surface area contributed by atoms with E-state index in [9.17, 15) is 22.4 Å². The molecular weight excluding hydrogens is 622 g/mol. The van der Waals surface area contributed by atoms with Gasteiger partial charge in [-0.2, -0.15) is 14.7 Å². The maximum absolute atomic E-state index is 13.6. The summed E-state index contributed by atoms with van der Waals surface area (Å²) in [6.07, 6.45) is 4.27. The quantitative estimate of drug-likeness (QED) is 0.0934. The molecule has 0 saturated carbocycles. The normalized spacial score (nSPS) is 10.5. The number of nitrogen functional groups attached to an aromatic ring is 1. The number of hydrogen-bond donors (Lipinski definition) is 1. The molecule has 2 aromatic carbocycles. The van der Waals surface area contributed by atoms with Gasteiger partial charge in [0.25, 0.3) is 11.8 Å². The number of Topliss-reactive ketones (excluding diaryl/α,β-unsaturated/α-hetero) is 1. The van der Waals surface area contributed by atoms with Crippen LogP contribution in [0.2, 0.25) is 0 Å². The van der Waals surface area contributed by atoms with Gasteiger partial charge < -0.3 is 15.0 Å². The van der Waals surface area contributed by atoms with Crippen LogP contribution >= 0.6 is 0 Å². The molecule has 2 N–H and O–H groups in total. The van der Waals surface area contributed by atoms with Crippen LogP contribution in [-0.4, -0.2) is 53.7 Å². The van der Waals surface area contributed by atoms with Crippen LogP contribution in [0.25, 0.3) is 17.3 Å². The molecule has 4 heterocycles. The van der Waals surface area contributed by atoms with Gasteiger partial charge in [0.1, 0.15) is 18.0 Å². The van der Waals surface area contributed by atoms with Crippen molar-refractivity contribution in [1.82, 2.24) is 34.9 Å². The highest BCUT2D eigenvalue weighted by molar-refractivity contribution is 5.97. The molecule has 0 bridgehead atoms. The number of carbonyl (C=O) groups excluding carboxylic acids is 1.